The molecule has 0 saturated carbocycles. The Morgan fingerprint density at radius 2 is 1.55 bits per heavy atom. The average Bonchev–Trinajstić information content (AvgIpc) is 3.00. The van der Waals surface area contributed by atoms with Gasteiger partial charge in [0.15, 0.2) is 0 Å². The molecular formula is C35H40N2O3. The van der Waals surface area contributed by atoms with Crippen molar-refractivity contribution >= 4 is 28.5 Å². The third-order valence-corrected chi connectivity index (χ3v) is 7.39. The maximum absolute atomic E-state index is 12.8. The van der Waals surface area contributed by atoms with E-state index in [9.17, 15) is 9.59 Å². The zero-order chi connectivity index (χ0) is 28.3. The van der Waals surface area contributed by atoms with Crippen molar-refractivity contribution < 1.29 is 14.3 Å². The van der Waals surface area contributed by atoms with Gasteiger partial charge in [0.2, 0.25) is 0 Å². The van der Waals surface area contributed by atoms with Gasteiger partial charge in [-0.1, -0.05) is 105 Å². The first kappa shape index (κ1) is 28.9. The molecule has 0 bridgehead atoms. The number of fused-ring (bicyclic) bond motifs is 1. The van der Waals surface area contributed by atoms with Gasteiger partial charge in [0, 0.05) is 19.3 Å². The summed E-state index contributed by atoms with van der Waals surface area (Å²) >= 11 is 0. The maximum atomic E-state index is 12.8. The molecule has 1 unspecified atom stereocenters. The molecule has 4 aromatic rings. The third kappa shape index (κ3) is 7.72. The van der Waals surface area contributed by atoms with Crippen molar-refractivity contribution in [3.05, 3.63) is 102 Å². The van der Waals surface area contributed by atoms with Crippen LogP contribution < -0.4 is 10.2 Å². The Labute approximate surface area is 238 Å². The van der Waals surface area contributed by atoms with Crippen molar-refractivity contribution in [2.24, 2.45) is 0 Å². The number of anilines is 1. The molecule has 0 radical (unpaired) electrons. The topological polar surface area (TPSA) is 58.6 Å². The summed E-state index contributed by atoms with van der Waals surface area (Å²) in [6.07, 6.45) is 5.82. The summed E-state index contributed by atoms with van der Waals surface area (Å²) in [7, 11) is 1.79. The zero-order valence-corrected chi connectivity index (χ0v) is 23.9. The number of amides is 2. The van der Waals surface area contributed by atoms with E-state index < -0.39 is 0 Å². The predicted molar refractivity (Wildman–Crippen MR) is 165 cm³/mol. The highest BCUT2D eigenvalue weighted by atomic mass is 16.5. The van der Waals surface area contributed by atoms with Crippen molar-refractivity contribution in [3.8, 4) is 11.1 Å². The fourth-order valence-electron chi connectivity index (χ4n) is 4.76. The zero-order valence-electron chi connectivity index (χ0n) is 23.9. The van der Waals surface area contributed by atoms with E-state index in [0.29, 0.717) is 6.54 Å². The van der Waals surface area contributed by atoms with Crippen LogP contribution in [0.2, 0.25) is 0 Å². The molecule has 0 aromatic heterocycles. The molecule has 0 heterocycles. The standard InChI is InChI=1S/C35H40N2O3/c1-4-5-6-7-10-22-36-35(39)37(3)33-15-11-14-32(24-33)30-20-18-28(19-21-30)26(2)34(38)40-25-27-16-17-29-12-8-9-13-31(29)23-27/h8-9,11-21,23-24,26H,4-7,10,22,25H2,1-3H3,(H,36,39). The minimum absolute atomic E-state index is 0.0981. The second kappa shape index (κ2) is 14.3. The molecule has 0 aliphatic heterocycles. The van der Waals surface area contributed by atoms with E-state index in [1.165, 1.54) is 24.6 Å². The fourth-order valence-corrected chi connectivity index (χ4v) is 4.76. The van der Waals surface area contributed by atoms with Crippen molar-refractivity contribution in [2.75, 3.05) is 18.5 Å². The highest BCUT2D eigenvalue weighted by molar-refractivity contribution is 5.92. The highest BCUT2D eigenvalue weighted by Crippen LogP contribution is 2.27. The van der Waals surface area contributed by atoms with Crippen molar-refractivity contribution in [1.82, 2.24) is 5.32 Å². The number of urea groups is 1. The number of unbranched alkanes of at least 4 members (excludes halogenated alkanes) is 4. The maximum Gasteiger partial charge on any atom is 0.321 e. The molecule has 0 aliphatic rings. The summed E-state index contributed by atoms with van der Waals surface area (Å²) in [4.78, 5) is 27.1. The molecule has 1 atom stereocenters. The Hall–Kier alpha value is -4.12. The number of nitrogens with zero attached hydrogens (tertiary/aromatic N) is 1. The van der Waals surface area contributed by atoms with Gasteiger partial charge in [0.25, 0.3) is 0 Å². The lowest BCUT2D eigenvalue weighted by Gasteiger charge is -2.19. The SMILES string of the molecule is CCCCCCCNC(=O)N(C)c1cccc(-c2ccc(C(C)C(=O)OCc3ccc4ccccc4c3)cc2)c1. The van der Waals surface area contributed by atoms with Gasteiger partial charge in [-0.25, -0.2) is 4.79 Å². The minimum Gasteiger partial charge on any atom is -0.460 e. The van der Waals surface area contributed by atoms with E-state index in [1.54, 1.807) is 11.9 Å². The van der Waals surface area contributed by atoms with E-state index in [0.717, 1.165) is 46.2 Å². The van der Waals surface area contributed by atoms with Crippen molar-refractivity contribution in [3.63, 3.8) is 0 Å². The largest absolute Gasteiger partial charge is 0.460 e. The Balaban J connectivity index is 1.32. The summed E-state index contributed by atoms with van der Waals surface area (Å²) in [6, 6.07) is 30.1. The number of nitrogens with one attached hydrogen (secondary N) is 1. The molecule has 0 aliphatic carbocycles. The molecule has 4 aromatic carbocycles. The van der Waals surface area contributed by atoms with Crippen LogP contribution in [0.15, 0.2) is 91.0 Å². The van der Waals surface area contributed by atoms with Crippen molar-refractivity contribution in [2.45, 2.75) is 58.5 Å². The first-order chi connectivity index (χ1) is 19.5. The van der Waals surface area contributed by atoms with E-state index in [-0.39, 0.29) is 24.5 Å². The summed E-state index contributed by atoms with van der Waals surface area (Å²) in [5.74, 6) is -0.626. The number of benzene rings is 4. The van der Waals surface area contributed by atoms with Crippen LogP contribution in [-0.2, 0) is 16.1 Å². The molecule has 5 nitrogen and oxygen atoms in total. The summed E-state index contributed by atoms with van der Waals surface area (Å²) in [5, 5.41) is 5.32. The van der Waals surface area contributed by atoms with E-state index in [1.807, 2.05) is 73.7 Å². The average molecular weight is 537 g/mol. The molecule has 4 rings (SSSR count). The number of carbonyl (C=O) groups is 2. The molecule has 2 amide bonds. The normalized spacial score (nSPS) is 11.7. The number of ether oxygens (including phenoxy) is 1. The van der Waals surface area contributed by atoms with E-state index >= 15 is 0 Å². The fraction of sp³-hybridized carbons (Fsp3) is 0.314. The van der Waals surface area contributed by atoms with Crippen molar-refractivity contribution in [1.29, 1.82) is 0 Å². The van der Waals surface area contributed by atoms with E-state index in [2.05, 4.69) is 36.5 Å². The van der Waals surface area contributed by atoms with Gasteiger partial charge in [0.1, 0.15) is 6.61 Å². The van der Waals surface area contributed by atoms with Gasteiger partial charge >= 0.3 is 12.0 Å². The summed E-state index contributed by atoms with van der Waals surface area (Å²) in [5.41, 5.74) is 4.73. The third-order valence-electron chi connectivity index (χ3n) is 7.39. The lowest BCUT2D eigenvalue weighted by Crippen LogP contribution is -2.37. The molecule has 40 heavy (non-hydrogen) atoms. The number of hydrogen-bond acceptors (Lipinski definition) is 3. The predicted octanol–water partition coefficient (Wildman–Crippen LogP) is 8.47. The summed E-state index contributed by atoms with van der Waals surface area (Å²) in [6.45, 7) is 5.01. The molecule has 1 N–H and O–H groups in total. The van der Waals surface area contributed by atoms with Crippen LogP contribution in [0, 0.1) is 0 Å². The van der Waals surface area contributed by atoms with Crippen LogP contribution in [-0.4, -0.2) is 25.6 Å². The first-order valence-electron chi connectivity index (χ1n) is 14.3. The molecule has 5 heteroatoms. The van der Waals surface area contributed by atoms with Gasteiger partial charge in [-0.3, -0.25) is 9.69 Å². The second-order valence-electron chi connectivity index (χ2n) is 10.4. The highest BCUT2D eigenvalue weighted by Gasteiger charge is 2.17. The minimum atomic E-state index is -0.377. The van der Waals surface area contributed by atoms with Crippen LogP contribution in [0.25, 0.3) is 21.9 Å². The molecule has 0 fully saturated rings. The smallest absolute Gasteiger partial charge is 0.321 e. The quantitative estimate of drug-likeness (QED) is 0.146. The van der Waals surface area contributed by atoms with Gasteiger partial charge in [-0.2, -0.15) is 0 Å². The van der Waals surface area contributed by atoms with Gasteiger partial charge in [-0.15, -0.1) is 0 Å². The molecule has 0 saturated heterocycles. The van der Waals surface area contributed by atoms with Crippen LogP contribution in [0.3, 0.4) is 0 Å². The summed E-state index contributed by atoms with van der Waals surface area (Å²) < 4.78 is 5.64. The first-order valence-corrected chi connectivity index (χ1v) is 14.3. The second-order valence-corrected chi connectivity index (χ2v) is 10.4. The lowest BCUT2D eigenvalue weighted by molar-refractivity contribution is -0.146. The number of hydrogen-bond donors (Lipinski definition) is 1. The van der Waals surface area contributed by atoms with Gasteiger partial charge in [0.05, 0.1) is 5.92 Å². The Kier molecular flexibility index (Phi) is 10.3. The Bertz CT molecular complexity index is 1410. The van der Waals surface area contributed by atoms with Gasteiger partial charge in [-0.05, 0) is 64.6 Å². The molecular weight excluding hydrogens is 496 g/mol. The number of esters is 1. The van der Waals surface area contributed by atoms with Crippen LogP contribution in [0.4, 0.5) is 10.5 Å². The lowest BCUT2D eigenvalue weighted by atomic mass is 9.97. The number of carbonyl (C=O) groups excluding carboxylic acids is 2. The Morgan fingerprint density at radius 1 is 0.800 bits per heavy atom. The number of rotatable bonds is 12. The van der Waals surface area contributed by atoms with Crippen LogP contribution in [0.5, 0.6) is 0 Å². The molecule has 208 valence electrons. The van der Waals surface area contributed by atoms with E-state index in [4.69, 9.17) is 4.74 Å². The van der Waals surface area contributed by atoms with Crippen LogP contribution >= 0.6 is 0 Å². The molecule has 0 spiro atoms. The van der Waals surface area contributed by atoms with Gasteiger partial charge < -0.3 is 10.1 Å². The monoisotopic (exact) mass is 536 g/mol. The van der Waals surface area contributed by atoms with Crippen LogP contribution in [0.1, 0.15) is 63.0 Å². The Morgan fingerprint density at radius 3 is 2.33 bits per heavy atom.